The second-order valence-corrected chi connectivity index (χ2v) is 11.3. The maximum atomic E-state index is 5.32. The van der Waals surface area contributed by atoms with E-state index >= 15 is 0 Å². The van der Waals surface area contributed by atoms with Gasteiger partial charge in [-0.05, 0) is 60.2 Å². The first-order chi connectivity index (χ1) is 17.6. The Hall–Kier alpha value is -3.61. The molecule has 2 aromatic carbocycles. The molecule has 0 bridgehead atoms. The van der Waals surface area contributed by atoms with Crippen LogP contribution in [0.3, 0.4) is 0 Å². The molecule has 1 saturated heterocycles. The summed E-state index contributed by atoms with van der Waals surface area (Å²) in [7, 11) is 3.72. The molecule has 37 heavy (non-hydrogen) atoms. The molecule has 5 rings (SSSR count). The number of rotatable bonds is 5. The van der Waals surface area contributed by atoms with Gasteiger partial charge in [0.1, 0.15) is 11.3 Å². The van der Waals surface area contributed by atoms with E-state index in [9.17, 15) is 0 Å². The Morgan fingerprint density at radius 1 is 1.03 bits per heavy atom. The van der Waals surface area contributed by atoms with Crippen molar-refractivity contribution in [1.29, 1.82) is 0 Å². The molecule has 1 aliphatic rings. The van der Waals surface area contributed by atoms with Gasteiger partial charge in [-0.15, -0.1) is 0 Å². The number of piperazine rings is 1. The average molecular weight is 499 g/mol. The highest BCUT2D eigenvalue weighted by Crippen LogP contribution is 2.29. The summed E-state index contributed by atoms with van der Waals surface area (Å²) in [4.78, 5) is 19.5. The summed E-state index contributed by atoms with van der Waals surface area (Å²) < 4.78 is 7.37. The van der Waals surface area contributed by atoms with Gasteiger partial charge < -0.3 is 19.1 Å². The topological polar surface area (TPSA) is 59.3 Å². The van der Waals surface area contributed by atoms with Crippen LogP contribution in [0.4, 0.5) is 11.6 Å². The average Bonchev–Trinajstić information content (AvgIpc) is 3.25. The number of aromatic nitrogens is 4. The Bertz CT molecular complexity index is 1400. The number of aryl methyl sites for hydroxylation is 2. The Morgan fingerprint density at radius 2 is 1.78 bits per heavy atom. The first-order valence-corrected chi connectivity index (χ1v) is 13.1. The molecule has 4 aromatic rings. The molecule has 0 saturated carbocycles. The summed E-state index contributed by atoms with van der Waals surface area (Å²) >= 11 is 0. The molecule has 1 aliphatic heterocycles. The van der Waals surface area contributed by atoms with Crippen LogP contribution in [0.25, 0.3) is 11.2 Å². The van der Waals surface area contributed by atoms with Crippen LogP contribution in [0.2, 0.25) is 0 Å². The van der Waals surface area contributed by atoms with Crippen molar-refractivity contribution in [2.75, 3.05) is 36.5 Å². The number of nitrogens with zero attached hydrogens (tertiary/aromatic N) is 6. The van der Waals surface area contributed by atoms with Gasteiger partial charge in [0.2, 0.25) is 5.95 Å². The van der Waals surface area contributed by atoms with Crippen molar-refractivity contribution < 1.29 is 4.74 Å². The monoisotopic (exact) mass is 498 g/mol. The van der Waals surface area contributed by atoms with Crippen LogP contribution in [0.15, 0.2) is 48.8 Å². The Kier molecular flexibility index (Phi) is 6.56. The Labute approximate surface area is 220 Å². The highest BCUT2D eigenvalue weighted by Gasteiger charge is 2.27. The molecule has 0 radical (unpaired) electrons. The first-order valence-electron chi connectivity index (χ1n) is 13.1. The number of anilines is 2. The highest BCUT2D eigenvalue weighted by molar-refractivity contribution is 5.76. The van der Waals surface area contributed by atoms with Crippen molar-refractivity contribution in [2.45, 2.75) is 52.5 Å². The maximum absolute atomic E-state index is 5.32. The molecule has 3 heterocycles. The van der Waals surface area contributed by atoms with Crippen LogP contribution < -0.4 is 14.5 Å². The summed E-state index contributed by atoms with van der Waals surface area (Å²) in [5, 5.41) is 0. The third kappa shape index (κ3) is 4.99. The fraction of sp³-hybridized carbons (Fsp3) is 0.433. The molecule has 0 N–H and O–H groups in total. The third-order valence-corrected chi connectivity index (χ3v) is 7.53. The summed E-state index contributed by atoms with van der Waals surface area (Å²) in [6.07, 6.45) is 2.59. The molecule has 0 amide bonds. The van der Waals surface area contributed by atoms with Crippen molar-refractivity contribution in [1.82, 2.24) is 19.5 Å². The van der Waals surface area contributed by atoms with Crippen LogP contribution in [0, 0.1) is 6.92 Å². The smallest absolute Gasteiger partial charge is 0.228 e. The van der Waals surface area contributed by atoms with E-state index in [2.05, 4.69) is 79.7 Å². The molecule has 194 valence electrons. The Morgan fingerprint density at radius 3 is 2.46 bits per heavy atom. The molecule has 2 aromatic heterocycles. The second-order valence-electron chi connectivity index (χ2n) is 11.3. The molecule has 7 nitrogen and oxygen atoms in total. The summed E-state index contributed by atoms with van der Waals surface area (Å²) in [5.74, 6) is 1.65. The molecular weight excluding hydrogens is 460 g/mol. The van der Waals surface area contributed by atoms with E-state index < -0.39 is 0 Å². The largest absolute Gasteiger partial charge is 0.497 e. The van der Waals surface area contributed by atoms with E-state index in [1.54, 1.807) is 7.11 Å². The minimum atomic E-state index is 0.0973. The molecule has 1 atom stereocenters. The second kappa shape index (κ2) is 9.69. The SMILES string of the molecule is COc1ccc(N2CCN(c3nc(Cc4cc(C(C)(C)C)ccc4C)c4c(ncn4C)n3)C(C)C2)cc1. The van der Waals surface area contributed by atoms with Crippen LogP contribution in [0.1, 0.15) is 50.1 Å². The van der Waals surface area contributed by atoms with E-state index in [1.165, 1.54) is 22.4 Å². The molecule has 1 fully saturated rings. The zero-order valence-corrected chi connectivity index (χ0v) is 23.1. The van der Waals surface area contributed by atoms with Gasteiger partial charge >= 0.3 is 0 Å². The van der Waals surface area contributed by atoms with Gasteiger partial charge in [0, 0.05) is 44.8 Å². The summed E-state index contributed by atoms with van der Waals surface area (Å²) in [6, 6.07) is 15.4. The predicted molar refractivity (Wildman–Crippen MR) is 151 cm³/mol. The molecular formula is C30H38N6O. The molecule has 0 spiro atoms. The lowest BCUT2D eigenvalue weighted by Crippen LogP contribution is -2.52. The van der Waals surface area contributed by atoms with Crippen molar-refractivity contribution >= 4 is 22.8 Å². The first kappa shape index (κ1) is 25.1. The Balaban J connectivity index is 1.45. The van der Waals surface area contributed by atoms with Gasteiger partial charge in [-0.3, -0.25) is 0 Å². The van der Waals surface area contributed by atoms with E-state index in [0.717, 1.165) is 54.6 Å². The minimum absolute atomic E-state index is 0.0973. The lowest BCUT2D eigenvalue weighted by molar-refractivity contribution is 0.414. The lowest BCUT2D eigenvalue weighted by Gasteiger charge is -2.41. The van der Waals surface area contributed by atoms with E-state index in [-0.39, 0.29) is 11.5 Å². The van der Waals surface area contributed by atoms with Gasteiger partial charge in [0.05, 0.1) is 19.1 Å². The van der Waals surface area contributed by atoms with Crippen molar-refractivity contribution in [2.24, 2.45) is 7.05 Å². The predicted octanol–water partition coefficient (Wildman–Crippen LogP) is 5.28. The number of hydrogen-bond acceptors (Lipinski definition) is 6. The molecule has 7 heteroatoms. The van der Waals surface area contributed by atoms with Gasteiger partial charge in [0.25, 0.3) is 0 Å². The fourth-order valence-electron chi connectivity index (χ4n) is 5.17. The minimum Gasteiger partial charge on any atom is -0.497 e. The van der Waals surface area contributed by atoms with Crippen LogP contribution >= 0.6 is 0 Å². The molecule has 0 aliphatic carbocycles. The van der Waals surface area contributed by atoms with Gasteiger partial charge in [-0.25, -0.2) is 9.97 Å². The third-order valence-electron chi connectivity index (χ3n) is 7.53. The maximum Gasteiger partial charge on any atom is 0.228 e. The number of benzene rings is 2. The zero-order chi connectivity index (χ0) is 26.3. The fourth-order valence-corrected chi connectivity index (χ4v) is 5.17. The van der Waals surface area contributed by atoms with Crippen molar-refractivity contribution in [3.05, 3.63) is 71.2 Å². The number of fused-ring (bicyclic) bond motifs is 1. The normalized spacial score (nSPS) is 16.5. The zero-order valence-electron chi connectivity index (χ0n) is 23.1. The quantitative estimate of drug-likeness (QED) is 0.373. The van der Waals surface area contributed by atoms with Crippen LogP contribution in [-0.2, 0) is 18.9 Å². The number of ether oxygens (including phenoxy) is 1. The summed E-state index contributed by atoms with van der Waals surface area (Å²) in [6.45, 7) is 13.9. The van der Waals surface area contributed by atoms with Gasteiger partial charge in [-0.1, -0.05) is 39.0 Å². The molecule has 1 unspecified atom stereocenters. The summed E-state index contributed by atoms with van der Waals surface area (Å²) in [5.41, 5.74) is 8.03. The van der Waals surface area contributed by atoms with Crippen LogP contribution in [-0.4, -0.2) is 52.3 Å². The van der Waals surface area contributed by atoms with E-state index in [4.69, 9.17) is 14.7 Å². The van der Waals surface area contributed by atoms with Gasteiger partial charge in [-0.2, -0.15) is 4.98 Å². The van der Waals surface area contributed by atoms with E-state index in [1.807, 2.05) is 30.1 Å². The number of methoxy groups -OCH3 is 1. The van der Waals surface area contributed by atoms with Gasteiger partial charge in [0.15, 0.2) is 5.65 Å². The number of imidazole rings is 1. The lowest BCUT2D eigenvalue weighted by atomic mass is 9.84. The highest BCUT2D eigenvalue weighted by atomic mass is 16.5. The number of hydrogen-bond donors (Lipinski definition) is 0. The van der Waals surface area contributed by atoms with Crippen LogP contribution in [0.5, 0.6) is 5.75 Å². The van der Waals surface area contributed by atoms with E-state index in [0.29, 0.717) is 0 Å². The standard InChI is InChI=1S/C30H38N6O/c1-20-8-9-23(30(3,4)5)16-22(20)17-26-27-28(31-19-34(27)6)33-29(32-26)36-15-14-35(18-21(36)2)24-10-12-25(37-7)13-11-24/h8-13,16,19,21H,14-15,17-18H2,1-7H3. The van der Waals surface area contributed by atoms with Crippen molar-refractivity contribution in [3.8, 4) is 5.75 Å². The van der Waals surface area contributed by atoms with Crippen molar-refractivity contribution in [3.63, 3.8) is 0 Å².